The molecule has 1 aromatic carbocycles. The molecular formula is C20H31N3O3. The Morgan fingerprint density at radius 2 is 1.92 bits per heavy atom. The lowest BCUT2D eigenvalue weighted by Crippen LogP contribution is -2.45. The molecule has 0 atom stereocenters. The Balaban J connectivity index is 1.61. The molecule has 1 aliphatic rings. The van der Waals surface area contributed by atoms with E-state index < -0.39 is 0 Å². The van der Waals surface area contributed by atoms with Crippen LogP contribution in [-0.2, 0) is 20.7 Å². The van der Waals surface area contributed by atoms with Gasteiger partial charge in [0, 0.05) is 26.1 Å². The number of piperidine rings is 1. The molecular weight excluding hydrogens is 330 g/mol. The van der Waals surface area contributed by atoms with Gasteiger partial charge in [-0.1, -0.05) is 29.8 Å². The molecule has 0 radical (unpaired) electrons. The van der Waals surface area contributed by atoms with Gasteiger partial charge in [0.25, 0.3) is 0 Å². The molecule has 1 saturated heterocycles. The topological polar surface area (TPSA) is 84.7 Å². The van der Waals surface area contributed by atoms with Crippen molar-refractivity contribution in [3.05, 3.63) is 35.4 Å². The monoisotopic (exact) mass is 361 g/mol. The Morgan fingerprint density at radius 1 is 1.23 bits per heavy atom. The number of nitrogens with two attached hydrogens (primary N) is 1. The first-order valence-corrected chi connectivity index (χ1v) is 9.50. The highest BCUT2D eigenvalue weighted by molar-refractivity contribution is 5.84. The Labute approximate surface area is 156 Å². The van der Waals surface area contributed by atoms with Gasteiger partial charge in [-0.15, -0.1) is 0 Å². The van der Waals surface area contributed by atoms with Crippen molar-refractivity contribution in [2.24, 2.45) is 5.73 Å². The van der Waals surface area contributed by atoms with E-state index >= 15 is 0 Å². The van der Waals surface area contributed by atoms with Crippen LogP contribution in [0.1, 0.15) is 36.8 Å². The fourth-order valence-electron chi connectivity index (χ4n) is 2.99. The van der Waals surface area contributed by atoms with Gasteiger partial charge in [0.1, 0.15) is 0 Å². The van der Waals surface area contributed by atoms with Crippen LogP contribution in [0.25, 0.3) is 0 Å². The third-order valence-electron chi connectivity index (χ3n) is 4.69. The zero-order valence-corrected chi connectivity index (χ0v) is 15.7. The van der Waals surface area contributed by atoms with E-state index in [9.17, 15) is 9.59 Å². The van der Waals surface area contributed by atoms with Crippen molar-refractivity contribution in [3.8, 4) is 0 Å². The highest BCUT2D eigenvalue weighted by atomic mass is 16.5. The fraction of sp³-hybridized carbons (Fsp3) is 0.600. The van der Waals surface area contributed by atoms with Crippen LogP contribution in [0.5, 0.6) is 0 Å². The quantitative estimate of drug-likeness (QED) is 0.651. The molecule has 0 saturated carbocycles. The summed E-state index contributed by atoms with van der Waals surface area (Å²) < 4.78 is 5.74. The van der Waals surface area contributed by atoms with Gasteiger partial charge < -0.3 is 20.7 Å². The molecule has 0 spiro atoms. The Morgan fingerprint density at radius 3 is 2.58 bits per heavy atom. The van der Waals surface area contributed by atoms with Crippen LogP contribution >= 0.6 is 0 Å². The minimum absolute atomic E-state index is 0.0194. The van der Waals surface area contributed by atoms with E-state index in [0.717, 1.165) is 24.8 Å². The van der Waals surface area contributed by atoms with Gasteiger partial charge in [0.15, 0.2) is 0 Å². The molecule has 3 N–H and O–H groups in total. The van der Waals surface area contributed by atoms with E-state index in [1.807, 2.05) is 36.1 Å². The molecule has 144 valence electrons. The summed E-state index contributed by atoms with van der Waals surface area (Å²) >= 11 is 0. The molecule has 0 unspecified atom stereocenters. The first kappa shape index (κ1) is 20.4. The van der Waals surface area contributed by atoms with Crippen LogP contribution < -0.4 is 11.1 Å². The highest BCUT2D eigenvalue weighted by Gasteiger charge is 2.23. The first-order chi connectivity index (χ1) is 12.6. The van der Waals surface area contributed by atoms with Gasteiger partial charge in [-0.2, -0.15) is 0 Å². The van der Waals surface area contributed by atoms with Gasteiger partial charge in [0.05, 0.1) is 12.6 Å². The number of nitrogens with zero attached hydrogens (tertiary/aromatic N) is 1. The largest absolute Gasteiger partial charge is 0.378 e. The molecule has 6 heteroatoms. The Bertz CT molecular complexity index is 566. The summed E-state index contributed by atoms with van der Waals surface area (Å²) in [6.45, 7) is 4.81. The van der Waals surface area contributed by atoms with Crippen LogP contribution in [0, 0.1) is 6.92 Å². The molecule has 26 heavy (non-hydrogen) atoms. The number of hydrogen-bond donors (Lipinski definition) is 2. The second-order valence-corrected chi connectivity index (χ2v) is 6.86. The normalized spacial score (nSPS) is 15.1. The average molecular weight is 361 g/mol. The molecule has 1 aliphatic heterocycles. The number of aryl methyl sites for hydroxylation is 2. The summed E-state index contributed by atoms with van der Waals surface area (Å²) in [5.41, 5.74) is 7.80. The lowest BCUT2D eigenvalue weighted by atomic mass is 10.1. The van der Waals surface area contributed by atoms with Gasteiger partial charge in [-0.25, -0.2) is 0 Å². The molecule has 0 aliphatic carbocycles. The fourth-order valence-corrected chi connectivity index (χ4v) is 2.99. The molecule has 2 rings (SSSR count). The van der Waals surface area contributed by atoms with Gasteiger partial charge in [-0.3, -0.25) is 9.59 Å². The van der Waals surface area contributed by atoms with Crippen LogP contribution in [0.3, 0.4) is 0 Å². The van der Waals surface area contributed by atoms with E-state index in [0.29, 0.717) is 39.1 Å². The second kappa shape index (κ2) is 10.9. The first-order valence-electron chi connectivity index (χ1n) is 9.50. The number of carbonyl (C=O) groups excluding carboxylic acids is 2. The zero-order valence-electron chi connectivity index (χ0n) is 15.7. The summed E-state index contributed by atoms with van der Waals surface area (Å²) in [5, 5.41) is 2.74. The summed E-state index contributed by atoms with van der Waals surface area (Å²) in [5.74, 6) is -0.104. The number of likely N-dealkylation sites (tertiary alicyclic amines) is 1. The molecule has 1 fully saturated rings. The molecule has 0 aromatic heterocycles. The van der Waals surface area contributed by atoms with E-state index in [-0.39, 0.29) is 24.5 Å². The standard InChI is InChI=1S/C20H31N3O3/c1-16-3-5-17(6-4-16)7-8-19(24)22-15-20(25)23-12-9-18(10-13-23)26-14-2-11-21/h3-6,18H,2,7-15,21H2,1H3,(H,22,24). The average Bonchev–Trinajstić information content (AvgIpc) is 2.66. The molecule has 1 aromatic rings. The Kier molecular flexibility index (Phi) is 8.58. The highest BCUT2D eigenvalue weighted by Crippen LogP contribution is 2.14. The summed E-state index contributed by atoms with van der Waals surface area (Å²) in [7, 11) is 0. The maximum absolute atomic E-state index is 12.2. The SMILES string of the molecule is Cc1ccc(CCC(=O)NCC(=O)N2CCC(OCCCN)CC2)cc1. The maximum atomic E-state index is 12.2. The smallest absolute Gasteiger partial charge is 0.241 e. The number of nitrogens with one attached hydrogen (secondary N) is 1. The van der Waals surface area contributed by atoms with Gasteiger partial charge >= 0.3 is 0 Å². The predicted octanol–water partition coefficient (Wildman–Crippen LogP) is 1.40. The predicted molar refractivity (Wildman–Crippen MR) is 102 cm³/mol. The number of carbonyl (C=O) groups is 2. The number of ether oxygens (including phenoxy) is 1. The number of benzene rings is 1. The van der Waals surface area contributed by atoms with E-state index in [1.165, 1.54) is 5.56 Å². The molecule has 1 heterocycles. The zero-order chi connectivity index (χ0) is 18.8. The second-order valence-electron chi connectivity index (χ2n) is 6.86. The Hall–Kier alpha value is -1.92. The molecule has 6 nitrogen and oxygen atoms in total. The summed E-state index contributed by atoms with van der Waals surface area (Å²) in [6, 6.07) is 8.15. The van der Waals surface area contributed by atoms with E-state index in [4.69, 9.17) is 10.5 Å². The summed E-state index contributed by atoms with van der Waals surface area (Å²) in [4.78, 5) is 26.0. The van der Waals surface area contributed by atoms with Crippen molar-refractivity contribution in [2.75, 3.05) is 32.8 Å². The van der Waals surface area contributed by atoms with Gasteiger partial charge in [-0.05, 0) is 44.7 Å². The van der Waals surface area contributed by atoms with E-state index in [1.54, 1.807) is 0 Å². The number of rotatable bonds is 9. The van der Waals surface area contributed by atoms with Crippen molar-refractivity contribution < 1.29 is 14.3 Å². The summed E-state index contributed by atoms with van der Waals surface area (Å²) in [6.07, 6.45) is 3.86. The third-order valence-corrected chi connectivity index (χ3v) is 4.69. The maximum Gasteiger partial charge on any atom is 0.241 e. The minimum atomic E-state index is -0.0843. The van der Waals surface area contributed by atoms with Crippen molar-refractivity contribution in [3.63, 3.8) is 0 Å². The van der Waals surface area contributed by atoms with Crippen LogP contribution in [0.15, 0.2) is 24.3 Å². The minimum Gasteiger partial charge on any atom is -0.378 e. The van der Waals surface area contributed by atoms with Crippen molar-refractivity contribution in [1.29, 1.82) is 0 Å². The lowest BCUT2D eigenvalue weighted by molar-refractivity contribution is -0.135. The van der Waals surface area contributed by atoms with Gasteiger partial charge in [0.2, 0.25) is 11.8 Å². The van der Waals surface area contributed by atoms with Crippen LogP contribution in [0.2, 0.25) is 0 Å². The van der Waals surface area contributed by atoms with E-state index in [2.05, 4.69) is 5.32 Å². The molecule has 0 bridgehead atoms. The van der Waals surface area contributed by atoms with Crippen molar-refractivity contribution in [2.45, 2.75) is 45.1 Å². The van der Waals surface area contributed by atoms with Crippen molar-refractivity contribution >= 4 is 11.8 Å². The lowest BCUT2D eigenvalue weighted by Gasteiger charge is -2.32. The van der Waals surface area contributed by atoms with Crippen molar-refractivity contribution in [1.82, 2.24) is 10.2 Å². The number of amides is 2. The molecule has 2 amide bonds. The van der Waals surface area contributed by atoms with Crippen LogP contribution in [-0.4, -0.2) is 55.6 Å². The van der Waals surface area contributed by atoms with Crippen LogP contribution in [0.4, 0.5) is 0 Å². The third kappa shape index (κ3) is 7.14. The number of hydrogen-bond acceptors (Lipinski definition) is 4.